The average Bonchev–Trinajstić information content (AvgIpc) is 2.56. The Morgan fingerprint density at radius 3 is 2.69 bits per heavy atom. The Morgan fingerprint density at radius 1 is 1.46 bits per heavy atom. The Balaban J connectivity index is 2.04. The van der Waals surface area contributed by atoms with Crippen molar-refractivity contribution in [3.05, 3.63) is 11.5 Å². The molecular weight excluding hydrogens is 167 g/mol. The van der Waals surface area contributed by atoms with Gasteiger partial charge < -0.3 is 9.31 Å². The summed E-state index contributed by atoms with van der Waals surface area (Å²) < 4.78 is 11.1. The van der Waals surface area contributed by atoms with Crippen molar-refractivity contribution in [1.82, 2.24) is 0 Å². The van der Waals surface area contributed by atoms with Gasteiger partial charge in [-0.3, -0.25) is 4.79 Å². The Hall–Kier alpha value is -0.605. The van der Waals surface area contributed by atoms with E-state index in [2.05, 4.69) is 0 Å². The van der Waals surface area contributed by atoms with Gasteiger partial charge in [0.25, 0.3) is 0 Å². The lowest BCUT2D eigenvalue weighted by Crippen LogP contribution is -2.25. The highest BCUT2D eigenvalue weighted by Gasteiger charge is 2.40. The molecule has 1 aliphatic heterocycles. The number of carbonyl (C=O) groups excluding carboxylic acids is 1. The van der Waals surface area contributed by atoms with Crippen LogP contribution in [0.4, 0.5) is 0 Å². The second-order valence-electron chi connectivity index (χ2n) is 4.21. The molecule has 0 unspecified atom stereocenters. The SMILES string of the molecule is CC1(C)COB(C2=CC(=O)CC2)O1. The van der Waals surface area contributed by atoms with Gasteiger partial charge in [0.05, 0.1) is 12.2 Å². The van der Waals surface area contributed by atoms with E-state index in [-0.39, 0.29) is 18.5 Å². The zero-order valence-electron chi connectivity index (χ0n) is 8.00. The summed E-state index contributed by atoms with van der Waals surface area (Å²) in [5.74, 6) is 0.187. The fourth-order valence-corrected chi connectivity index (χ4v) is 1.62. The average molecular weight is 180 g/mol. The van der Waals surface area contributed by atoms with Gasteiger partial charge in [0.2, 0.25) is 0 Å². The molecule has 0 N–H and O–H groups in total. The molecule has 0 amide bonds. The summed E-state index contributed by atoms with van der Waals surface area (Å²) in [5.41, 5.74) is 0.785. The van der Waals surface area contributed by atoms with Gasteiger partial charge in [-0.05, 0) is 31.8 Å². The van der Waals surface area contributed by atoms with E-state index in [1.165, 1.54) is 0 Å². The topological polar surface area (TPSA) is 35.5 Å². The first-order chi connectivity index (χ1) is 6.07. The van der Waals surface area contributed by atoms with Crippen LogP contribution < -0.4 is 0 Å². The molecule has 13 heavy (non-hydrogen) atoms. The standard InChI is InChI=1S/C9H13BO3/c1-9(2)6-12-10(13-9)7-3-4-8(11)5-7/h5H,3-4,6H2,1-2H3. The predicted octanol–water partition coefficient (Wildman–Crippen LogP) is 1.13. The fourth-order valence-electron chi connectivity index (χ4n) is 1.62. The van der Waals surface area contributed by atoms with Crippen LogP contribution in [-0.2, 0) is 14.1 Å². The first-order valence-corrected chi connectivity index (χ1v) is 4.60. The van der Waals surface area contributed by atoms with E-state index in [4.69, 9.17) is 9.31 Å². The maximum Gasteiger partial charge on any atom is 0.490 e. The molecule has 0 aromatic heterocycles. The van der Waals surface area contributed by atoms with E-state index in [1.54, 1.807) is 6.08 Å². The summed E-state index contributed by atoms with van der Waals surface area (Å²) in [6, 6.07) is 0. The molecule has 2 aliphatic rings. The summed E-state index contributed by atoms with van der Waals surface area (Å²) >= 11 is 0. The highest BCUT2D eigenvalue weighted by molar-refractivity contribution is 6.55. The minimum atomic E-state index is -0.276. The van der Waals surface area contributed by atoms with Crippen molar-refractivity contribution in [2.75, 3.05) is 6.61 Å². The predicted molar refractivity (Wildman–Crippen MR) is 49.2 cm³/mol. The van der Waals surface area contributed by atoms with E-state index in [1.807, 2.05) is 13.8 Å². The van der Waals surface area contributed by atoms with E-state index in [0.29, 0.717) is 13.0 Å². The molecule has 0 spiro atoms. The first kappa shape index (κ1) is 8.97. The second kappa shape index (κ2) is 2.96. The van der Waals surface area contributed by atoms with Crippen LogP contribution in [0.15, 0.2) is 11.5 Å². The molecule has 1 heterocycles. The monoisotopic (exact) mass is 180 g/mol. The van der Waals surface area contributed by atoms with Crippen LogP contribution in [0.2, 0.25) is 0 Å². The maximum atomic E-state index is 11.0. The summed E-state index contributed by atoms with van der Waals surface area (Å²) in [7, 11) is -0.276. The number of allylic oxidation sites excluding steroid dienone is 2. The molecular formula is C9H13BO3. The van der Waals surface area contributed by atoms with Crippen molar-refractivity contribution in [3.63, 3.8) is 0 Å². The lowest BCUT2D eigenvalue weighted by Gasteiger charge is -2.15. The van der Waals surface area contributed by atoms with Crippen LogP contribution >= 0.6 is 0 Å². The van der Waals surface area contributed by atoms with E-state index in [0.717, 1.165) is 11.9 Å². The van der Waals surface area contributed by atoms with Gasteiger partial charge in [0.1, 0.15) is 0 Å². The number of rotatable bonds is 1. The molecule has 0 saturated carbocycles. The molecule has 1 aliphatic carbocycles. The third-order valence-electron chi connectivity index (χ3n) is 2.32. The summed E-state index contributed by atoms with van der Waals surface area (Å²) in [5, 5.41) is 0. The van der Waals surface area contributed by atoms with Crippen LogP contribution in [-0.4, -0.2) is 25.1 Å². The number of hydrogen-bond acceptors (Lipinski definition) is 3. The van der Waals surface area contributed by atoms with Gasteiger partial charge in [-0.1, -0.05) is 0 Å². The van der Waals surface area contributed by atoms with Gasteiger partial charge in [-0.15, -0.1) is 0 Å². The lowest BCUT2D eigenvalue weighted by molar-refractivity contribution is -0.114. The molecule has 3 nitrogen and oxygen atoms in total. The highest BCUT2D eigenvalue weighted by Crippen LogP contribution is 2.28. The minimum Gasteiger partial charge on any atom is -0.405 e. The highest BCUT2D eigenvalue weighted by atomic mass is 16.7. The zero-order chi connectivity index (χ0) is 9.47. The fraction of sp³-hybridized carbons (Fsp3) is 0.667. The van der Waals surface area contributed by atoms with Gasteiger partial charge in [-0.25, -0.2) is 0 Å². The zero-order valence-corrected chi connectivity index (χ0v) is 8.00. The molecule has 4 heteroatoms. The molecule has 70 valence electrons. The van der Waals surface area contributed by atoms with Crippen LogP contribution in [0.25, 0.3) is 0 Å². The summed E-state index contributed by atoms with van der Waals surface area (Å²) in [6.07, 6.45) is 3.06. The third-order valence-corrected chi connectivity index (χ3v) is 2.32. The Labute approximate surface area is 78.2 Å². The number of ketones is 1. The maximum absolute atomic E-state index is 11.0. The second-order valence-corrected chi connectivity index (χ2v) is 4.21. The minimum absolute atomic E-state index is 0.187. The summed E-state index contributed by atoms with van der Waals surface area (Å²) in [6.45, 7) is 4.58. The molecule has 0 radical (unpaired) electrons. The molecule has 0 aromatic rings. The van der Waals surface area contributed by atoms with Gasteiger partial charge in [0, 0.05) is 6.42 Å². The Kier molecular flexibility index (Phi) is 2.04. The summed E-state index contributed by atoms with van der Waals surface area (Å²) in [4.78, 5) is 11.0. The van der Waals surface area contributed by atoms with Crippen molar-refractivity contribution in [2.45, 2.75) is 32.3 Å². The van der Waals surface area contributed by atoms with Gasteiger partial charge in [-0.2, -0.15) is 0 Å². The molecule has 2 rings (SSSR count). The van der Waals surface area contributed by atoms with Crippen LogP contribution in [0.3, 0.4) is 0 Å². The first-order valence-electron chi connectivity index (χ1n) is 4.60. The molecule has 0 atom stereocenters. The molecule has 1 fully saturated rings. The van der Waals surface area contributed by atoms with Gasteiger partial charge in [0.15, 0.2) is 5.78 Å². The quantitative estimate of drug-likeness (QED) is 0.567. The Bertz CT molecular complexity index is 270. The van der Waals surface area contributed by atoms with Crippen molar-refractivity contribution in [3.8, 4) is 0 Å². The van der Waals surface area contributed by atoms with E-state index >= 15 is 0 Å². The van der Waals surface area contributed by atoms with Crippen LogP contribution in [0.5, 0.6) is 0 Å². The van der Waals surface area contributed by atoms with Crippen molar-refractivity contribution < 1.29 is 14.1 Å². The van der Waals surface area contributed by atoms with Crippen LogP contribution in [0.1, 0.15) is 26.7 Å². The van der Waals surface area contributed by atoms with Gasteiger partial charge >= 0.3 is 7.12 Å². The van der Waals surface area contributed by atoms with Crippen molar-refractivity contribution in [2.24, 2.45) is 0 Å². The molecule has 0 aromatic carbocycles. The smallest absolute Gasteiger partial charge is 0.405 e. The third kappa shape index (κ3) is 1.84. The normalized spacial score (nSPS) is 26.8. The molecule has 0 bridgehead atoms. The Morgan fingerprint density at radius 2 is 2.23 bits per heavy atom. The van der Waals surface area contributed by atoms with E-state index < -0.39 is 0 Å². The largest absolute Gasteiger partial charge is 0.490 e. The van der Waals surface area contributed by atoms with Crippen molar-refractivity contribution >= 4 is 12.9 Å². The van der Waals surface area contributed by atoms with E-state index in [9.17, 15) is 4.79 Å². The van der Waals surface area contributed by atoms with Crippen LogP contribution in [0, 0.1) is 0 Å². The number of hydrogen-bond donors (Lipinski definition) is 0. The van der Waals surface area contributed by atoms with Crippen molar-refractivity contribution in [1.29, 1.82) is 0 Å². The molecule has 1 saturated heterocycles. The lowest BCUT2D eigenvalue weighted by atomic mass is 9.78. The number of carbonyl (C=O) groups is 1.